The van der Waals surface area contributed by atoms with Gasteiger partial charge in [0, 0.05) is 35.1 Å². The Morgan fingerprint density at radius 2 is 2.41 bits per heavy atom. The molecule has 1 aromatic rings. The number of nitriles is 1. The number of rotatable bonds is 2. The van der Waals surface area contributed by atoms with Gasteiger partial charge in [-0.05, 0) is 22.0 Å². The van der Waals surface area contributed by atoms with Crippen LogP contribution < -0.4 is 0 Å². The molecule has 17 heavy (non-hydrogen) atoms. The average Bonchev–Trinajstić information content (AvgIpc) is 2.71. The molecule has 0 aliphatic carbocycles. The van der Waals surface area contributed by atoms with Crippen LogP contribution in [0, 0.1) is 11.5 Å². The third kappa shape index (κ3) is 3.21. The Morgan fingerprint density at radius 3 is 3.12 bits per heavy atom. The van der Waals surface area contributed by atoms with Gasteiger partial charge in [-0.2, -0.15) is 5.26 Å². The Morgan fingerprint density at radius 1 is 1.59 bits per heavy atom. The van der Waals surface area contributed by atoms with Crippen LogP contribution in [0.15, 0.2) is 26.3 Å². The molecule has 0 amide bonds. The Bertz CT molecular complexity index is 498. The predicted octanol–water partition coefficient (Wildman–Crippen LogP) is 2.99. The SMILES string of the molecule is N#C/N=C1/SCCN1Cc1cnc(Br)cc1Br. The number of halogens is 2. The maximum atomic E-state index is 8.60. The summed E-state index contributed by atoms with van der Waals surface area (Å²) in [6.45, 7) is 1.63. The molecule has 0 spiro atoms. The second-order valence-corrected chi connectivity index (χ2v) is 6.09. The summed E-state index contributed by atoms with van der Waals surface area (Å²) in [5.41, 5.74) is 1.08. The quantitative estimate of drug-likeness (QED) is 0.589. The van der Waals surface area contributed by atoms with Crippen molar-refractivity contribution in [3.05, 3.63) is 26.9 Å². The van der Waals surface area contributed by atoms with E-state index in [9.17, 15) is 0 Å². The number of aliphatic imine (C=N–C) groups is 1. The molecule has 0 saturated carbocycles. The van der Waals surface area contributed by atoms with Gasteiger partial charge in [-0.1, -0.05) is 27.7 Å². The van der Waals surface area contributed by atoms with E-state index in [4.69, 9.17) is 5.26 Å². The highest BCUT2D eigenvalue weighted by Gasteiger charge is 2.20. The van der Waals surface area contributed by atoms with Crippen molar-refractivity contribution in [1.29, 1.82) is 5.26 Å². The van der Waals surface area contributed by atoms with Crippen LogP contribution in [0.2, 0.25) is 0 Å². The van der Waals surface area contributed by atoms with E-state index >= 15 is 0 Å². The summed E-state index contributed by atoms with van der Waals surface area (Å²) in [4.78, 5) is 10.1. The van der Waals surface area contributed by atoms with Gasteiger partial charge in [-0.3, -0.25) is 0 Å². The third-order valence-corrected chi connectivity index (χ3v) is 4.43. The highest BCUT2D eigenvalue weighted by molar-refractivity contribution is 9.11. The lowest BCUT2D eigenvalue weighted by Crippen LogP contribution is -2.23. The van der Waals surface area contributed by atoms with Crippen LogP contribution in [0.1, 0.15) is 5.56 Å². The zero-order valence-corrected chi connectivity index (χ0v) is 12.7. The van der Waals surface area contributed by atoms with Gasteiger partial charge in [0.05, 0.1) is 0 Å². The van der Waals surface area contributed by atoms with Gasteiger partial charge in [-0.15, -0.1) is 4.99 Å². The topological polar surface area (TPSA) is 52.3 Å². The van der Waals surface area contributed by atoms with E-state index in [0.29, 0.717) is 6.54 Å². The molecule has 0 atom stereocenters. The van der Waals surface area contributed by atoms with Crippen molar-refractivity contribution in [2.24, 2.45) is 4.99 Å². The van der Waals surface area contributed by atoms with Crippen LogP contribution in [0.25, 0.3) is 0 Å². The van der Waals surface area contributed by atoms with Crippen molar-refractivity contribution in [2.45, 2.75) is 6.54 Å². The number of pyridine rings is 1. The monoisotopic (exact) mass is 374 g/mol. The van der Waals surface area contributed by atoms with E-state index in [0.717, 1.165) is 32.1 Å². The molecule has 0 unspecified atom stereocenters. The van der Waals surface area contributed by atoms with Gasteiger partial charge >= 0.3 is 0 Å². The molecule has 1 fully saturated rings. The average molecular weight is 376 g/mol. The second kappa shape index (κ2) is 5.85. The molecule has 1 saturated heterocycles. The number of amidine groups is 1. The molecule has 88 valence electrons. The molecule has 0 aromatic carbocycles. The molecule has 1 aromatic heterocycles. The summed E-state index contributed by atoms with van der Waals surface area (Å²) in [7, 11) is 0. The van der Waals surface area contributed by atoms with E-state index in [-0.39, 0.29) is 0 Å². The van der Waals surface area contributed by atoms with E-state index in [1.165, 1.54) is 0 Å². The predicted molar refractivity (Wildman–Crippen MR) is 75.6 cm³/mol. The van der Waals surface area contributed by atoms with Crippen LogP contribution in [-0.2, 0) is 6.54 Å². The zero-order valence-electron chi connectivity index (χ0n) is 8.73. The van der Waals surface area contributed by atoms with Gasteiger partial charge in [-0.25, -0.2) is 4.98 Å². The summed E-state index contributed by atoms with van der Waals surface area (Å²) in [6, 6.07) is 1.92. The van der Waals surface area contributed by atoms with Crippen LogP contribution in [-0.4, -0.2) is 27.3 Å². The van der Waals surface area contributed by atoms with E-state index in [1.807, 2.05) is 18.5 Å². The largest absolute Gasteiger partial charge is 0.345 e. The highest BCUT2D eigenvalue weighted by atomic mass is 79.9. The van der Waals surface area contributed by atoms with E-state index < -0.39 is 0 Å². The molecule has 0 bridgehead atoms. The molecular formula is C10H8Br2N4S. The fourth-order valence-electron chi connectivity index (χ4n) is 1.48. The van der Waals surface area contributed by atoms with Crippen molar-refractivity contribution in [3.63, 3.8) is 0 Å². The number of nitrogens with zero attached hydrogens (tertiary/aromatic N) is 4. The molecule has 1 aliphatic heterocycles. The molecule has 7 heteroatoms. The van der Waals surface area contributed by atoms with Crippen molar-refractivity contribution >= 4 is 48.8 Å². The first-order valence-corrected chi connectivity index (χ1v) is 7.42. The molecule has 0 N–H and O–H groups in total. The Balaban J connectivity index is 2.16. The lowest BCUT2D eigenvalue weighted by atomic mass is 10.3. The molecule has 1 aliphatic rings. The smallest absolute Gasteiger partial charge is 0.208 e. The molecular weight excluding hydrogens is 368 g/mol. The van der Waals surface area contributed by atoms with Crippen molar-refractivity contribution in [2.75, 3.05) is 12.3 Å². The fourth-order valence-corrected chi connectivity index (χ4v) is 3.51. The normalized spacial score (nSPS) is 17.5. The van der Waals surface area contributed by atoms with Crippen LogP contribution in [0.5, 0.6) is 0 Å². The third-order valence-electron chi connectivity index (χ3n) is 2.27. The van der Waals surface area contributed by atoms with Gasteiger partial charge in [0.25, 0.3) is 0 Å². The van der Waals surface area contributed by atoms with Crippen molar-refractivity contribution < 1.29 is 0 Å². The summed E-state index contributed by atoms with van der Waals surface area (Å²) in [6.07, 6.45) is 3.66. The number of hydrogen-bond donors (Lipinski definition) is 0. The standard InChI is InChI=1S/C10H8Br2N4S/c11-8-3-9(12)14-4-7(8)5-16-1-2-17-10(16)15-6-13/h3-4H,1-2,5H2/b15-10+. The van der Waals surface area contributed by atoms with Gasteiger partial charge < -0.3 is 4.90 Å². The van der Waals surface area contributed by atoms with Crippen molar-refractivity contribution in [3.8, 4) is 6.19 Å². The minimum atomic E-state index is 0.717. The Hall–Kier alpha value is -0.580. The number of hydrogen-bond acceptors (Lipinski definition) is 4. The highest BCUT2D eigenvalue weighted by Crippen LogP contribution is 2.25. The Labute approximate surface area is 120 Å². The first kappa shape index (κ1) is 12.9. The minimum Gasteiger partial charge on any atom is -0.345 e. The summed E-state index contributed by atoms with van der Waals surface area (Å²) in [5.74, 6) is 0.974. The first-order chi connectivity index (χ1) is 8.20. The fraction of sp³-hybridized carbons (Fsp3) is 0.300. The zero-order chi connectivity index (χ0) is 12.3. The Kier molecular flexibility index (Phi) is 4.42. The number of thioether (sulfide) groups is 1. The summed E-state index contributed by atoms with van der Waals surface area (Å²) in [5, 5.41) is 9.39. The van der Waals surface area contributed by atoms with E-state index in [1.54, 1.807) is 11.8 Å². The molecule has 2 heterocycles. The molecule has 2 rings (SSSR count). The van der Waals surface area contributed by atoms with Crippen LogP contribution in [0.3, 0.4) is 0 Å². The lowest BCUT2D eigenvalue weighted by molar-refractivity contribution is 0.455. The maximum absolute atomic E-state index is 8.60. The summed E-state index contributed by atoms with van der Waals surface area (Å²) >= 11 is 8.44. The second-order valence-electron chi connectivity index (χ2n) is 3.36. The first-order valence-electron chi connectivity index (χ1n) is 4.85. The lowest BCUT2D eigenvalue weighted by Gasteiger charge is -2.17. The van der Waals surface area contributed by atoms with Crippen LogP contribution >= 0.6 is 43.6 Å². The van der Waals surface area contributed by atoms with Gasteiger partial charge in [0.15, 0.2) is 5.17 Å². The minimum absolute atomic E-state index is 0.717. The number of aromatic nitrogens is 1. The van der Waals surface area contributed by atoms with E-state index in [2.05, 4.69) is 46.7 Å². The molecule has 4 nitrogen and oxygen atoms in total. The van der Waals surface area contributed by atoms with Crippen LogP contribution in [0.4, 0.5) is 0 Å². The maximum Gasteiger partial charge on any atom is 0.208 e. The molecule has 0 radical (unpaired) electrons. The van der Waals surface area contributed by atoms with Gasteiger partial charge in [0.1, 0.15) is 4.60 Å². The van der Waals surface area contributed by atoms with Crippen molar-refractivity contribution in [1.82, 2.24) is 9.88 Å². The van der Waals surface area contributed by atoms with Gasteiger partial charge in [0.2, 0.25) is 6.19 Å². The summed E-state index contributed by atoms with van der Waals surface area (Å²) < 4.78 is 1.81.